The van der Waals surface area contributed by atoms with Crippen molar-refractivity contribution in [3.63, 3.8) is 0 Å². The SMILES string of the molecule is O=C(Oc1ccccc1)c1cc2ccccc2c(N=Nc2ccccc2Cl)c1O. The molecule has 0 saturated carbocycles. The number of aromatic hydroxyl groups is 1. The predicted molar refractivity (Wildman–Crippen MR) is 113 cm³/mol. The lowest BCUT2D eigenvalue weighted by Gasteiger charge is -2.10. The van der Waals surface area contributed by atoms with E-state index in [1.807, 2.05) is 24.3 Å². The van der Waals surface area contributed by atoms with Crippen molar-refractivity contribution >= 4 is 39.7 Å². The van der Waals surface area contributed by atoms with E-state index in [0.29, 0.717) is 21.8 Å². The summed E-state index contributed by atoms with van der Waals surface area (Å²) in [6.07, 6.45) is 0. The molecular weight excluding hydrogens is 388 g/mol. The zero-order valence-electron chi connectivity index (χ0n) is 15.1. The number of esters is 1. The van der Waals surface area contributed by atoms with Gasteiger partial charge in [0.15, 0.2) is 5.75 Å². The number of rotatable bonds is 4. The number of ether oxygens (including phenoxy) is 1. The maximum atomic E-state index is 12.7. The Morgan fingerprint density at radius 3 is 2.34 bits per heavy atom. The summed E-state index contributed by atoms with van der Waals surface area (Å²) >= 11 is 6.13. The van der Waals surface area contributed by atoms with Crippen molar-refractivity contribution in [2.75, 3.05) is 0 Å². The lowest BCUT2D eigenvalue weighted by Crippen LogP contribution is -2.08. The maximum absolute atomic E-state index is 12.7. The molecule has 0 unspecified atom stereocenters. The Morgan fingerprint density at radius 1 is 0.862 bits per heavy atom. The topological polar surface area (TPSA) is 71.2 Å². The average Bonchev–Trinajstić information content (AvgIpc) is 2.74. The molecule has 29 heavy (non-hydrogen) atoms. The van der Waals surface area contributed by atoms with Gasteiger partial charge in [0.1, 0.15) is 22.7 Å². The lowest BCUT2D eigenvalue weighted by atomic mass is 10.0. The quantitative estimate of drug-likeness (QED) is 0.231. The third-order valence-electron chi connectivity index (χ3n) is 4.28. The van der Waals surface area contributed by atoms with E-state index in [2.05, 4.69) is 10.2 Å². The van der Waals surface area contributed by atoms with Crippen LogP contribution < -0.4 is 4.74 Å². The fraction of sp³-hybridized carbons (Fsp3) is 0. The van der Waals surface area contributed by atoms with Crippen LogP contribution in [0.3, 0.4) is 0 Å². The fourth-order valence-electron chi connectivity index (χ4n) is 2.86. The van der Waals surface area contributed by atoms with Crippen LogP contribution in [0.5, 0.6) is 11.5 Å². The van der Waals surface area contributed by atoms with E-state index in [9.17, 15) is 9.90 Å². The molecule has 0 aliphatic rings. The van der Waals surface area contributed by atoms with Crippen LogP contribution in [0.2, 0.25) is 5.02 Å². The Morgan fingerprint density at radius 2 is 1.55 bits per heavy atom. The van der Waals surface area contributed by atoms with Gasteiger partial charge in [0, 0.05) is 5.39 Å². The van der Waals surface area contributed by atoms with Crippen LogP contribution >= 0.6 is 11.6 Å². The van der Waals surface area contributed by atoms with E-state index in [4.69, 9.17) is 16.3 Å². The van der Waals surface area contributed by atoms with Crippen molar-refractivity contribution in [3.05, 3.63) is 95.5 Å². The summed E-state index contributed by atoms with van der Waals surface area (Å²) in [7, 11) is 0. The van der Waals surface area contributed by atoms with E-state index < -0.39 is 5.97 Å². The molecule has 142 valence electrons. The predicted octanol–water partition coefficient (Wildman–Crippen LogP) is 6.83. The van der Waals surface area contributed by atoms with Crippen molar-refractivity contribution in [1.82, 2.24) is 0 Å². The molecule has 4 rings (SSSR count). The molecule has 0 radical (unpaired) electrons. The molecule has 4 aromatic carbocycles. The second kappa shape index (κ2) is 8.12. The minimum Gasteiger partial charge on any atom is -0.505 e. The molecule has 5 nitrogen and oxygen atoms in total. The molecule has 0 saturated heterocycles. The largest absolute Gasteiger partial charge is 0.505 e. The molecule has 0 spiro atoms. The van der Waals surface area contributed by atoms with Crippen molar-refractivity contribution in [2.24, 2.45) is 10.2 Å². The average molecular weight is 403 g/mol. The number of benzene rings is 4. The highest BCUT2D eigenvalue weighted by atomic mass is 35.5. The summed E-state index contributed by atoms with van der Waals surface area (Å²) in [5.41, 5.74) is 0.624. The molecule has 0 atom stereocenters. The van der Waals surface area contributed by atoms with Crippen LogP contribution in [0.1, 0.15) is 10.4 Å². The van der Waals surface area contributed by atoms with Gasteiger partial charge in [-0.05, 0) is 35.7 Å². The molecule has 0 aliphatic carbocycles. The summed E-state index contributed by atoms with van der Waals surface area (Å²) in [5.74, 6) is -0.613. The minimum atomic E-state index is -0.686. The second-order valence-electron chi connectivity index (χ2n) is 6.20. The summed E-state index contributed by atoms with van der Waals surface area (Å²) in [5, 5.41) is 20.9. The molecule has 0 heterocycles. The van der Waals surface area contributed by atoms with E-state index in [-0.39, 0.29) is 17.0 Å². The number of carbonyl (C=O) groups is 1. The first-order valence-electron chi connectivity index (χ1n) is 8.81. The van der Waals surface area contributed by atoms with E-state index in [1.165, 1.54) is 0 Å². The highest BCUT2D eigenvalue weighted by molar-refractivity contribution is 6.32. The van der Waals surface area contributed by atoms with Gasteiger partial charge in [-0.25, -0.2) is 4.79 Å². The monoisotopic (exact) mass is 402 g/mol. The van der Waals surface area contributed by atoms with Crippen LogP contribution in [0.15, 0.2) is 95.2 Å². The Hall–Kier alpha value is -3.70. The Bertz CT molecular complexity index is 1220. The van der Waals surface area contributed by atoms with Crippen molar-refractivity contribution in [2.45, 2.75) is 0 Å². The van der Waals surface area contributed by atoms with E-state index >= 15 is 0 Å². The molecule has 4 aromatic rings. The standard InChI is InChI=1S/C23H15ClN2O3/c24-19-12-6-7-13-20(19)25-26-21-17-11-5-4-8-15(17)14-18(22(21)27)23(28)29-16-9-2-1-3-10-16/h1-14,27H. The normalized spacial score (nSPS) is 11.1. The van der Waals surface area contributed by atoms with Crippen LogP contribution in [0.4, 0.5) is 11.4 Å². The van der Waals surface area contributed by atoms with Gasteiger partial charge < -0.3 is 9.84 Å². The highest BCUT2D eigenvalue weighted by Crippen LogP contribution is 2.40. The number of halogens is 1. The van der Waals surface area contributed by atoms with Crippen molar-refractivity contribution in [1.29, 1.82) is 0 Å². The first-order valence-corrected chi connectivity index (χ1v) is 9.19. The van der Waals surface area contributed by atoms with Gasteiger partial charge in [-0.15, -0.1) is 10.2 Å². The number of phenolic OH excluding ortho intramolecular Hbond substituents is 1. The smallest absolute Gasteiger partial charge is 0.347 e. The number of carbonyl (C=O) groups excluding carboxylic acids is 1. The van der Waals surface area contributed by atoms with Crippen molar-refractivity contribution in [3.8, 4) is 11.5 Å². The number of nitrogens with zero attached hydrogens (tertiary/aromatic N) is 2. The van der Waals surface area contributed by atoms with Gasteiger partial charge in [0.05, 0.1) is 5.02 Å². The Kier molecular flexibility index (Phi) is 5.22. The van der Waals surface area contributed by atoms with Gasteiger partial charge in [0.2, 0.25) is 0 Å². The lowest BCUT2D eigenvalue weighted by molar-refractivity contribution is 0.0732. The number of phenols is 1. The number of para-hydroxylation sites is 1. The summed E-state index contributed by atoms with van der Waals surface area (Å²) in [6.45, 7) is 0. The Labute approximate surface area is 171 Å². The van der Waals surface area contributed by atoms with Crippen LogP contribution in [0, 0.1) is 0 Å². The molecular formula is C23H15ClN2O3. The summed E-state index contributed by atoms with van der Waals surface area (Å²) < 4.78 is 5.37. The number of azo groups is 1. The van der Waals surface area contributed by atoms with Gasteiger partial charge in [-0.3, -0.25) is 0 Å². The first kappa shape index (κ1) is 18.7. The second-order valence-corrected chi connectivity index (χ2v) is 6.60. The molecule has 1 N–H and O–H groups in total. The maximum Gasteiger partial charge on any atom is 0.347 e. The zero-order valence-corrected chi connectivity index (χ0v) is 15.9. The van der Waals surface area contributed by atoms with Gasteiger partial charge >= 0.3 is 5.97 Å². The third-order valence-corrected chi connectivity index (χ3v) is 4.60. The van der Waals surface area contributed by atoms with Crippen LogP contribution in [-0.2, 0) is 0 Å². The summed E-state index contributed by atoms with van der Waals surface area (Å²) in [6, 6.07) is 24.5. The van der Waals surface area contributed by atoms with Crippen LogP contribution in [-0.4, -0.2) is 11.1 Å². The zero-order chi connectivity index (χ0) is 20.2. The molecule has 0 fully saturated rings. The molecule has 6 heteroatoms. The molecule has 0 aromatic heterocycles. The van der Waals surface area contributed by atoms with Crippen molar-refractivity contribution < 1.29 is 14.6 Å². The fourth-order valence-corrected chi connectivity index (χ4v) is 3.04. The van der Waals surface area contributed by atoms with Crippen LogP contribution in [0.25, 0.3) is 10.8 Å². The van der Waals surface area contributed by atoms with Gasteiger partial charge in [-0.2, -0.15) is 0 Å². The summed E-state index contributed by atoms with van der Waals surface area (Å²) in [4.78, 5) is 12.7. The third kappa shape index (κ3) is 3.95. The first-order chi connectivity index (χ1) is 14.1. The molecule has 0 aliphatic heterocycles. The highest BCUT2D eigenvalue weighted by Gasteiger charge is 2.20. The minimum absolute atomic E-state index is 0.000613. The van der Waals surface area contributed by atoms with E-state index in [0.717, 1.165) is 5.39 Å². The molecule has 0 bridgehead atoms. The van der Waals surface area contributed by atoms with Gasteiger partial charge in [0.25, 0.3) is 0 Å². The number of hydrogen-bond donors (Lipinski definition) is 1. The van der Waals surface area contributed by atoms with Gasteiger partial charge in [-0.1, -0.05) is 66.2 Å². The van der Waals surface area contributed by atoms with E-state index in [1.54, 1.807) is 60.7 Å². The molecule has 0 amide bonds. The Balaban J connectivity index is 1.80. The number of fused-ring (bicyclic) bond motifs is 1. The number of hydrogen-bond acceptors (Lipinski definition) is 5.